The van der Waals surface area contributed by atoms with Gasteiger partial charge in [0.05, 0.1) is 25.0 Å². The van der Waals surface area contributed by atoms with Gasteiger partial charge in [-0.15, -0.1) is 0 Å². The molecule has 1 saturated heterocycles. The number of halogens is 1. The zero-order valence-corrected chi connectivity index (χ0v) is 12.8. The van der Waals surface area contributed by atoms with Crippen molar-refractivity contribution in [2.45, 2.75) is 6.54 Å². The van der Waals surface area contributed by atoms with Gasteiger partial charge < -0.3 is 10.4 Å². The summed E-state index contributed by atoms with van der Waals surface area (Å²) >= 11 is 8.00. The van der Waals surface area contributed by atoms with Crippen LogP contribution in [0.1, 0.15) is 0 Å². The number of thioether (sulfide) groups is 1. The molecule has 1 aromatic heterocycles. The molecule has 8 heteroatoms. The Morgan fingerprint density at radius 2 is 2.15 bits per heavy atom. The van der Waals surface area contributed by atoms with E-state index in [0.717, 1.165) is 30.9 Å². The maximum Gasteiger partial charge on any atom is 0.287 e. The summed E-state index contributed by atoms with van der Waals surface area (Å²) in [6, 6.07) is 0. The van der Waals surface area contributed by atoms with Gasteiger partial charge in [0, 0.05) is 37.7 Å². The summed E-state index contributed by atoms with van der Waals surface area (Å²) in [6.07, 6.45) is 1.53. The Hall–Kier alpha value is -0.760. The third kappa shape index (κ3) is 4.12. The summed E-state index contributed by atoms with van der Waals surface area (Å²) in [4.78, 5) is 14.2. The fourth-order valence-electron chi connectivity index (χ4n) is 2.02. The van der Waals surface area contributed by atoms with E-state index in [-0.39, 0.29) is 23.7 Å². The first-order valence-corrected chi connectivity index (χ1v) is 8.16. The second-order valence-corrected chi connectivity index (χ2v) is 6.11. The predicted octanol–water partition coefficient (Wildman–Crippen LogP) is 0.350. The number of hydrogen-bond acceptors (Lipinski definition) is 6. The monoisotopic (exact) mass is 318 g/mol. The number of nitrogens with one attached hydrogen (secondary N) is 1. The molecule has 2 heterocycles. The molecule has 2 rings (SSSR count). The van der Waals surface area contributed by atoms with E-state index in [1.165, 1.54) is 17.7 Å². The molecule has 0 amide bonds. The highest BCUT2D eigenvalue weighted by atomic mass is 35.5. The highest BCUT2D eigenvalue weighted by molar-refractivity contribution is 7.99. The van der Waals surface area contributed by atoms with E-state index in [2.05, 4.69) is 15.3 Å². The van der Waals surface area contributed by atoms with Gasteiger partial charge in [0.2, 0.25) is 0 Å². The van der Waals surface area contributed by atoms with Crippen LogP contribution in [0.4, 0.5) is 5.69 Å². The second-order valence-electron chi connectivity index (χ2n) is 4.50. The van der Waals surface area contributed by atoms with Gasteiger partial charge in [-0.1, -0.05) is 11.6 Å². The van der Waals surface area contributed by atoms with Crippen LogP contribution in [0, 0.1) is 0 Å². The molecule has 2 N–H and O–H groups in total. The molecule has 0 atom stereocenters. The third-order valence-electron chi connectivity index (χ3n) is 3.14. The fourth-order valence-corrected chi connectivity index (χ4v) is 3.21. The van der Waals surface area contributed by atoms with E-state index in [0.29, 0.717) is 5.69 Å². The van der Waals surface area contributed by atoms with Crippen LogP contribution >= 0.6 is 23.4 Å². The molecule has 0 bridgehead atoms. The van der Waals surface area contributed by atoms with Crippen LogP contribution in [0.25, 0.3) is 0 Å². The summed E-state index contributed by atoms with van der Waals surface area (Å²) in [5.74, 6) is 2.36. The molecule has 0 spiro atoms. The van der Waals surface area contributed by atoms with Gasteiger partial charge in [0.25, 0.3) is 5.56 Å². The molecule has 20 heavy (non-hydrogen) atoms. The van der Waals surface area contributed by atoms with Gasteiger partial charge in [0.1, 0.15) is 5.02 Å². The molecule has 1 aliphatic rings. The van der Waals surface area contributed by atoms with Gasteiger partial charge in [-0.25, -0.2) is 4.68 Å². The van der Waals surface area contributed by atoms with E-state index in [4.69, 9.17) is 16.7 Å². The van der Waals surface area contributed by atoms with Crippen molar-refractivity contribution < 1.29 is 5.11 Å². The number of rotatable bonds is 6. The summed E-state index contributed by atoms with van der Waals surface area (Å²) in [7, 11) is 0. The molecule has 6 nitrogen and oxygen atoms in total. The largest absolute Gasteiger partial charge is 0.394 e. The number of hydrogen-bond donors (Lipinski definition) is 2. The van der Waals surface area contributed by atoms with E-state index in [1.54, 1.807) is 0 Å². The Morgan fingerprint density at radius 1 is 1.40 bits per heavy atom. The Bertz CT molecular complexity index is 491. The van der Waals surface area contributed by atoms with Gasteiger partial charge in [-0.3, -0.25) is 9.69 Å². The Morgan fingerprint density at radius 3 is 2.85 bits per heavy atom. The van der Waals surface area contributed by atoms with Crippen molar-refractivity contribution >= 4 is 29.1 Å². The topological polar surface area (TPSA) is 70.4 Å². The van der Waals surface area contributed by atoms with Crippen molar-refractivity contribution in [3.05, 3.63) is 21.6 Å². The van der Waals surface area contributed by atoms with Crippen molar-refractivity contribution in [3.8, 4) is 0 Å². The predicted molar refractivity (Wildman–Crippen MR) is 82.8 cm³/mol. The molecule has 0 radical (unpaired) electrons. The summed E-state index contributed by atoms with van der Waals surface area (Å²) < 4.78 is 1.16. The average molecular weight is 319 g/mol. The number of anilines is 1. The minimum absolute atomic E-state index is 0.127. The summed E-state index contributed by atoms with van der Waals surface area (Å²) in [6.45, 7) is 3.90. The molecular weight excluding hydrogens is 300 g/mol. The number of nitrogens with zero attached hydrogens (tertiary/aromatic N) is 3. The molecule has 0 unspecified atom stereocenters. The summed E-state index contributed by atoms with van der Waals surface area (Å²) in [5, 5.41) is 16.1. The molecule has 0 saturated carbocycles. The molecule has 0 aromatic carbocycles. The first-order valence-electron chi connectivity index (χ1n) is 6.63. The average Bonchev–Trinajstić information content (AvgIpc) is 2.48. The van der Waals surface area contributed by atoms with Crippen molar-refractivity contribution in [1.29, 1.82) is 0 Å². The smallest absolute Gasteiger partial charge is 0.287 e. The second kappa shape index (κ2) is 7.87. The van der Waals surface area contributed by atoms with Gasteiger partial charge in [-0.05, 0) is 0 Å². The minimum Gasteiger partial charge on any atom is -0.394 e. The van der Waals surface area contributed by atoms with Crippen molar-refractivity contribution in [2.75, 3.05) is 49.6 Å². The number of aliphatic hydroxyl groups excluding tert-OH is 1. The molecule has 1 aliphatic heterocycles. The summed E-state index contributed by atoms with van der Waals surface area (Å²) in [5.41, 5.74) is 0.178. The van der Waals surface area contributed by atoms with Crippen LogP contribution in [0.3, 0.4) is 0 Å². The maximum absolute atomic E-state index is 11.8. The van der Waals surface area contributed by atoms with Crippen LogP contribution in [0.5, 0.6) is 0 Å². The zero-order valence-electron chi connectivity index (χ0n) is 11.2. The lowest BCUT2D eigenvalue weighted by Gasteiger charge is -2.26. The molecule has 0 aliphatic carbocycles. The zero-order chi connectivity index (χ0) is 14.4. The highest BCUT2D eigenvalue weighted by Crippen LogP contribution is 2.15. The molecule has 112 valence electrons. The Labute approximate surface area is 127 Å². The van der Waals surface area contributed by atoms with Crippen molar-refractivity contribution in [2.24, 2.45) is 0 Å². The third-order valence-corrected chi connectivity index (χ3v) is 4.45. The minimum atomic E-state index is -0.375. The quantitative estimate of drug-likeness (QED) is 0.789. The lowest BCUT2D eigenvalue weighted by molar-refractivity contribution is 0.266. The lowest BCUT2D eigenvalue weighted by atomic mass is 10.4. The van der Waals surface area contributed by atoms with E-state index >= 15 is 0 Å². The van der Waals surface area contributed by atoms with Gasteiger partial charge in [0.15, 0.2) is 0 Å². The lowest BCUT2D eigenvalue weighted by Crippen LogP contribution is -2.36. The van der Waals surface area contributed by atoms with Crippen LogP contribution < -0.4 is 10.9 Å². The van der Waals surface area contributed by atoms with Crippen molar-refractivity contribution in [1.82, 2.24) is 14.7 Å². The molecular formula is C12H19ClN4O2S. The van der Waals surface area contributed by atoms with E-state index in [1.807, 2.05) is 11.8 Å². The van der Waals surface area contributed by atoms with Crippen molar-refractivity contribution in [3.63, 3.8) is 0 Å². The fraction of sp³-hybridized carbons (Fsp3) is 0.667. The van der Waals surface area contributed by atoms with Gasteiger partial charge >= 0.3 is 0 Å². The van der Waals surface area contributed by atoms with E-state index in [9.17, 15) is 4.79 Å². The van der Waals surface area contributed by atoms with Crippen LogP contribution in [-0.2, 0) is 6.54 Å². The standard InChI is InChI=1S/C12H19ClN4O2S/c13-11-10(9-15-17(3-6-18)12(11)19)14-1-2-16-4-7-20-8-5-16/h9,14,18H,1-8H2. The highest BCUT2D eigenvalue weighted by Gasteiger charge is 2.11. The Kier molecular flexibility index (Phi) is 6.15. The number of aromatic nitrogens is 2. The van der Waals surface area contributed by atoms with Gasteiger partial charge in [-0.2, -0.15) is 16.9 Å². The van der Waals surface area contributed by atoms with Crippen LogP contribution in [0.15, 0.2) is 11.0 Å². The van der Waals surface area contributed by atoms with Crippen LogP contribution in [0.2, 0.25) is 5.02 Å². The maximum atomic E-state index is 11.8. The molecule has 1 aromatic rings. The SMILES string of the molecule is O=c1c(Cl)c(NCCN2CCSCC2)cnn1CCO. The Balaban J connectivity index is 1.89. The normalized spacial score (nSPS) is 16.3. The number of aliphatic hydroxyl groups is 1. The first kappa shape index (κ1) is 15.6. The van der Waals surface area contributed by atoms with Crippen LogP contribution in [-0.4, -0.2) is 64.1 Å². The first-order chi connectivity index (χ1) is 9.72. The van der Waals surface area contributed by atoms with E-state index < -0.39 is 0 Å². The molecule has 1 fully saturated rings.